The summed E-state index contributed by atoms with van der Waals surface area (Å²) in [7, 11) is 0. The molecule has 0 spiro atoms. The molecule has 7 nitrogen and oxygen atoms in total. The van der Waals surface area contributed by atoms with Crippen LogP contribution in [0.3, 0.4) is 0 Å². The first-order valence-electron chi connectivity index (χ1n) is 12.2. The molecule has 0 aliphatic carbocycles. The molecule has 12 heteroatoms. The molecular formula is C27H19F4N7S. The lowest BCUT2D eigenvalue weighted by Crippen LogP contribution is -2.24. The Hall–Kier alpha value is -4.16. The van der Waals surface area contributed by atoms with Gasteiger partial charge in [-0.2, -0.15) is 9.49 Å². The molecule has 39 heavy (non-hydrogen) atoms. The lowest BCUT2D eigenvalue weighted by Gasteiger charge is -2.16. The number of likely N-dealkylation sites (tertiary alicyclic amines) is 1. The third kappa shape index (κ3) is 4.25. The van der Waals surface area contributed by atoms with Gasteiger partial charge >= 0.3 is 0 Å². The lowest BCUT2D eigenvalue weighted by atomic mass is 10.0. The van der Waals surface area contributed by atoms with E-state index in [9.17, 15) is 13.2 Å². The molecule has 0 atom stereocenters. The predicted molar refractivity (Wildman–Crippen MR) is 140 cm³/mol. The molecule has 0 radical (unpaired) electrons. The van der Waals surface area contributed by atoms with Crippen LogP contribution in [0, 0.1) is 10.9 Å². The molecule has 2 N–H and O–H groups in total. The van der Waals surface area contributed by atoms with Crippen molar-refractivity contribution in [3.63, 3.8) is 0 Å². The van der Waals surface area contributed by atoms with Crippen molar-refractivity contribution in [3.05, 3.63) is 71.5 Å². The van der Waals surface area contributed by atoms with Crippen molar-refractivity contribution in [3.8, 4) is 33.2 Å². The number of pyridine rings is 2. The third-order valence-electron chi connectivity index (χ3n) is 6.86. The van der Waals surface area contributed by atoms with Crippen molar-refractivity contribution >= 4 is 33.3 Å². The molecule has 1 aliphatic heterocycles. The van der Waals surface area contributed by atoms with Gasteiger partial charge in [-0.05, 0) is 42.0 Å². The van der Waals surface area contributed by atoms with Crippen molar-refractivity contribution in [1.29, 1.82) is 0 Å². The Kier molecular flexibility index (Phi) is 5.49. The number of halogens is 4. The van der Waals surface area contributed by atoms with Crippen molar-refractivity contribution in [2.75, 3.05) is 13.1 Å². The molecule has 0 unspecified atom stereocenters. The van der Waals surface area contributed by atoms with Crippen LogP contribution in [-0.4, -0.2) is 54.0 Å². The zero-order chi connectivity index (χ0) is 26.7. The van der Waals surface area contributed by atoms with E-state index >= 15 is 4.39 Å². The predicted octanol–water partition coefficient (Wildman–Crippen LogP) is 6.41. The quantitative estimate of drug-likeness (QED) is 0.243. The van der Waals surface area contributed by atoms with E-state index < -0.39 is 11.7 Å². The second-order valence-corrected chi connectivity index (χ2v) is 10.6. The lowest BCUT2D eigenvalue weighted by molar-refractivity contribution is 0.0115. The van der Waals surface area contributed by atoms with Crippen LogP contribution in [0.4, 0.5) is 17.6 Å². The van der Waals surface area contributed by atoms with Crippen molar-refractivity contribution < 1.29 is 17.6 Å². The summed E-state index contributed by atoms with van der Waals surface area (Å²) in [6.07, 6.45) is 4.59. The van der Waals surface area contributed by atoms with Crippen LogP contribution in [0.1, 0.15) is 12.0 Å². The monoisotopic (exact) mass is 549 g/mol. The number of nitrogens with one attached hydrogen (secondary N) is 2. The largest absolute Gasteiger partial charge is 0.336 e. The molecule has 1 aliphatic rings. The maximum absolute atomic E-state index is 16.1. The molecule has 0 amide bonds. The Balaban J connectivity index is 1.28. The zero-order valence-corrected chi connectivity index (χ0v) is 21.0. The summed E-state index contributed by atoms with van der Waals surface area (Å²) in [6, 6.07) is 9.88. The number of rotatable bonds is 5. The highest BCUT2D eigenvalue weighted by Crippen LogP contribution is 2.36. The van der Waals surface area contributed by atoms with Crippen LogP contribution < -0.4 is 0 Å². The van der Waals surface area contributed by atoms with Gasteiger partial charge in [0, 0.05) is 49.2 Å². The van der Waals surface area contributed by atoms with E-state index in [1.807, 2.05) is 0 Å². The average molecular weight is 550 g/mol. The Morgan fingerprint density at radius 3 is 2.72 bits per heavy atom. The summed E-state index contributed by atoms with van der Waals surface area (Å²) >= 11 is 0.967. The van der Waals surface area contributed by atoms with Crippen LogP contribution in [0.15, 0.2) is 55.0 Å². The van der Waals surface area contributed by atoms with E-state index in [0.717, 1.165) is 16.9 Å². The Morgan fingerprint density at radius 2 is 1.92 bits per heavy atom. The fraction of sp³-hybridized carbons (Fsp3) is 0.185. The van der Waals surface area contributed by atoms with Crippen LogP contribution >= 0.6 is 11.3 Å². The molecule has 0 bridgehead atoms. The van der Waals surface area contributed by atoms with Gasteiger partial charge in [-0.15, -0.1) is 11.3 Å². The van der Waals surface area contributed by atoms with Gasteiger partial charge < -0.3 is 4.98 Å². The fourth-order valence-corrected chi connectivity index (χ4v) is 5.79. The molecule has 6 aromatic rings. The fourth-order valence-electron chi connectivity index (χ4n) is 5.06. The van der Waals surface area contributed by atoms with E-state index in [4.69, 9.17) is 0 Å². The van der Waals surface area contributed by atoms with Crippen molar-refractivity contribution in [2.45, 2.75) is 18.9 Å². The minimum absolute atomic E-state index is 0.168. The summed E-state index contributed by atoms with van der Waals surface area (Å²) in [5.41, 5.74) is 4.01. The van der Waals surface area contributed by atoms with E-state index in [-0.39, 0.29) is 29.2 Å². The van der Waals surface area contributed by atoms with E-state index in [0.29, 0.717) is 57.2 Å². The standard InChI is InChI=1S/C27H19F4N7S/c28-20-4-3-19(39-20)24-23-18(5-7-33-24)34-26(35-23)25-21-17(36-37-25)2-1-16(22(21)29)15-9-14(10-32-11-15)12-38-8-6-27(30,31)13-38/h1-5,7,9-11H,6,8,12-13H2,(H,34,35)(H,36,37). The molecule has 0 saturated carbocycles. The number of hydrogen-bond donors (Lipinski definition) is 2. The topological polar surface area (TPSA) is 86.4 Å². The Bertz CT molecular complexity index is 1860. The second-order valence-electron chi connectivity index (χ2n) is 9.57. The maximum Gasteiger partial charge on any atom is 0.261 e. The molecule has 1 saturated heterocycles. The number of fused-ring (bicyclic) bond motifs is 2. The van der Waals surface area contributed by atoms with Gasteiger partial charge in [0.05, 0.1) is 27.8 Å². The van der Waals surface area contributed by atoms with Gasteiger partial charge in [0.1, 0.15) is 22.7 Å². The number of aromatic nitrogens is 6. The summed E-state index contributed by atoms with van der Waals surface area (Å²) in [5, 5.41) is 7.11. The molecule has 1 fully saturated rings. The van der Waals surface area contributed by atoms with E-state index in [1.54, 1.807) is 53.8 Å². The van der Waals surface area contributed by atoms with Crippen molar-refractivity contribution in [2.24, 2.45) is 0 Å². The first-order chi connectivity index (χ1) is 18.8. The highest BCUT2D eigenvalue weighted by atomic mass is 32.1. The highest BCUT2D eigenvalue weighted by Gasteiger charge is 2.38. The van der Waals surface area contributed by atoms with Crippen molar-refractivity contribution in [1.82, 2.24) is 35.0 Å². The summed E-state index contributed by atoms with van der Waals surface area (Å²) < 4.78 is 57.0. The van der Waals surface area contributed by atoms with E-state index in [2.05, 4.69) is 30.1 Å². The van der Waals surface area contributed by atoms with Gasteiger partial charge in [0.2, 0.25) is 0 Å². The van der Waals surface area contributed by atoms with Gasteiger partial charge in [-0.25, -0.2) is 18.2 Å². The Labute approximate surface area is 222 Å². The number of aromatic amines is 2. The van der Waals surface area contributed by atoms with E-state index in [1.165, 1.54) is 6.07 Å². The van der Waals surface area contributed by atoms with Crippen LogP contribution in [0.2, 0.25) is 0 Å². The first-order valence-corrected chi connectivity index (χ1v) is 13.0. The Morgan fingerprint density at radius 1 is 1.03 bits per heavy atom. The molecule has 5 aromatic heterocycles. The van der Waals surface area contributed by atoms with Crippen LogP contribution in [-0.2, 0) is 6.54 Å². The summed E-state index contributed by atoms with van der Waals surface area (Å²) in [4.78, 5) is 18.8. The number of alkyl halides is 2. The van der Waals surface area contributed by atoms with Gasteiger partial charge in [-0.1, -0.05) is 0 Å². The number of nitrogens with zero attached hydrogens (tertiary/aromatic N) is 5. The van der Waals surface area contributed by atoms with Gasteiger partial charge in [-0.3, -0.25) is 20.0 Å². The molecule has 7 rings (SSSR count). The van der Waals surface area contributed by atoms with Gasteiger partial charge in [0.25, 0.3) is 5.92 Å². The number of H-pyrrole nitrogens is 2. The highest BCUT2D eigenvalue weighted by molar-refractivity contribution is 7.13. The molecule has 1 aromatic carbocycles. The minimum Gasteiger partial charge on any atom is -0.336 e. The number of imidazole rings is 1. The second kappa shape index (κ2) is 8.95. The van der Waals surface area contributed by atoms with Crippen LogP contribution in [0.25, 0.3) is 55.2 Å². The number of thiophene rings is 1. The molecule has 6 heterocycles. The normalized spacial score (nSPS) is 15.6. The minimum atomic E-state index is -2.69. The first kappa shape index (κ1) is 23.9. The van der Waals surface area contributed by atoms with Gasteiger partial charge in [0.15, 0.2) is 11.0 Å². The maximum atomic E-state index is 16.1. The summed E-state index contributed by atoms with van der Waals surface area (Å²) in [6.45, 7) is 0.304. The number of benzene rings is 1. The molecule has 196 valence electrons. The zero-order valence-electron chi connectivity index (χ0n) is 20.2. The average Bonchev–Trinajstić information content (AvgIpc) is 3.70. The third-order valence-corrected chi connectivity index (χ3v) is 7.74. The van der Waals surface area contributed by atoms with Crippen LogP contribution in [0.5, 0.6) is 0 Å². The molecular weight excluding hydrogens is 530 g/mol. The summed E-state index contributed by atoms with van der Waals surface area (Å²) in [5.74, 6) is -2.87. The number of hydrogen-bond acceptors (Lipinski definition) is 6. The SMILES string of the molecule is Fc1ccc(-c2nccc3[nH]c(-c4n[nH]c5ccc(-c6cncc(CN7CCC(F)(F)C7)c6)c(F)c45)nc23)s1. The smallest absolute Gasteiger partial charge is 0.261 e.